The molecule has 0 saturated carbocycles. The molecule has 0 bridgehead atoms. The zero-order chi connectivity index (χ0) is 19.9. The molecule has 6 nitrogen and oxygen atoms in total. The molecule has 0 saturated heterocycles. The van der Waals surface area contributed by atoms with Crippen LogP contribution >= 0.6 is 11.6 Å². The van der Waals surface area contributed by atoms with Crippen LogP contribution in [0.4, 0.5) is 23.4 Å². The lowest BCUT2D eigenvalue weighted by Gasteiger charge is -2.08. The Morgan fingerprint density at radius 3 is 2.50 bits per heavy atom. The zero-order valence-corrected chi connectivity index (χ0v) is 14.5. The van der Waals surface area contributed by atoms with Gasteiger partial charge < -0.3 is 0 Å². The van der Waals surface area contributed by atoms with Crippen molar-refractivity contribution >= 4 is 40.1 Å². The molecule has 4 aromatic rings. The minimum atomic E-state index is -4.74. The van der Waals surface area contributed by atoms with Crippen LogP contribution in [0, 0.1) is 5.82 Å². The molecule has 0 aliphatic heterocycles. The number of nitrogens with one attached hydrogen (secondary N) is 1. The van der Waals surface area contributed by atoms with Crippen LogP contribution in [0.5, 0.6) is 0 Å². The molecule has 142 valence electrons. The molecular formula is C17H9ClF4N6. The molecule has 0 amide bonds. The third kappa shape index (κ3) is 3.11. The molecule has 0 radical (unpaired) electrons. The Morgan fingerprint density at radius 2 is 1.79 bits per heavy atom. The van der Waals surface area contributed by atoms with Gasteiger partial charge in [-0.15, -0.1) is 15.3 Å². The van der Waals surface area contributed by atoms with E-state index in [2.05, 4.69) is 25.8 Å². The van der Waals surface area contributed by atoms with Crippen molar-refractivity contribution in [1.82, 2.24) is 19.8 Å². The van der Waals surface area contributed by atoms with Gasteiger partial charge >= 0.3 is 6.18 Å². The SMILES string of the molecule is Fc1cccc(Cl)c1/C=N/Nc1nn2c(C(F)(F)F)nnc2c2ccccc12. The smallest absolute Gasteiger partial charge is 0.259 e. The Balaban J connectivity index is 1.82. The highest BCUT2D eigenvalue weighted by Gasteiger charge is 2.38. The van der Waals surface area contributed by atoms with Gasteiger partial charge in [0.25, 0.3) is 5.82 Å². The molecule has 0 spiro atoms. The molecule has 2 aromatic heterocycles. The third-order valence-corrected chi connectivity index (χ3v) is 4.21. The Labute approximate surface area is 159 Å². The first-order valence-corrected chi connectivity index (χ1v) is 8.18. The normalized spacial score (nSPS) is 12.3. The summed E-state index contributed by atoms with van der Waals surface area (Å²) in [7, 11) is 0. The fourth-order valence-corrected chi connectivity index (χ4v) is 2.84. The number of hydrazone groups is 1. The second kappa shape index (κ2) is 6.71. The molecule has 4 rings (SSSR count). The van der Waals surface area contributed by atoms with Gasteiger partial charge in [0.05, 0.1) is 11.2 Å². The molecule has 2 heterocycles. The molecule has 0 aliphatic rings. The summed E-state index contributed by atoms with van der Waals surface area (Å²) in [5.74, 6) is -1.85. The van der Waals surface area contributed by atoms with Gasteiger partial charge in [-0.3, -0.25) is 5.43 Å². The Hall–Kier alpha value is -3.27. The lowest BCUT2D eigenvalue weighted by Crippen LogP contribution is -2.13. The van der Waals surface area contributed by atoms with E-state index in [-0.39, 0.29) is 22.1 Å². The molecule has 0 atom stereocenters. The first kappa shape index (κ1) is 18.1. The average Bonchev–Trinajstić information content (AvgIpc) is 3.08. The standard InChI is InChI=1S/C17H9ClF4N6/c18-12-6-3-7-13(19)11(12)8-23-24-14-9-4-1-2-5-10(9)15-25-26-16(17(20,21)22)28(15)27-14/h1-8H,(H,24,27)/b23-8+. The van der Waals surface area contributed by atoms with E-state index >= 15 is 0 Å². The number of anilines is 1. The number of nitrogens with zero attached hydrogens (tertiary/aromatic N) is 5. The molecule has 11 heteroatoms. The number of fused-ring (bicyclic) bond motifs is 3. The van der Waals surface area contributed by atoms with Crippen LogP contribution in [0.1, 0.15) is 11.4 Å². The topological polar surface area (TPSA) is 67.5 Å². The number of rotatable bonds is 3. The van der Waals surface area contributed by atoms with Crippen molar-refractivity contribution in [1.29, 1.82) is 0 Å². The highest BCUT2D eigenvalue weighted by molar-refractivity contribution is 6.33. The molecule has 1 N–H and O–H groups in total. The Morgan fingerprint density at radius 1 is 1.04 bits per heavy atom. The van der Waals surface area contributed by atoms with Crippen LogP contribution in [0.25, 0.3) is 16.4 Å². The molecule has 0 unspecified atom stereocenters. The Kier molecular flexibility index (Phi) is 4.34. The molecule has 2 aromatic carbocycles. The van der Waals surface area contributed by atoms with Crippen molar-refractivity contribution in [2.45, 2.75) is 6.18 Å². The minimum Gasteiger partial charge on any atom is -0.259 e. The predicted octanol–water partition coefficient (Wildman–Crippen LogP) is 4.53. The monoisotopic (exact) mass is 408 g/mol. The second-order valence-electron chi connectivity index (χ2n) is 5.66. The quantitative estimate of drug-likeness (QED) is 0.307. The van der Waals surface area contributed by atoms with Crippen LogP contribution in [0.3, 0.4) is 0 Å². The molecule has 0 aliphatic carbocycles. The zero-order valence-electron chi connectivity index (χ0n) is 13.7. The van der Waals surface area contributed by atoms with E-state index in [1.54, 1.807) is 24.3 Å². The van der Waals surface area contributed by atoms with E-state index in [1.165, 1.54) is 18.2 Å². The third-order valence-electron chi connectivity index (χ3n) is 3.88. The van der Waals surface area contributed by atoms with Crippen molar-refractivity contribution in [3.05, 3.63) is 64.7 Å². The summed E-state index contributed by atoms with van der Waals surface area (Å²) >= 11 is 5.92. The first-order chi connectivity index (χ1) is 13.4. The summed E-state index contributed by atoms with van der Waals surface area (Å²) < 4.78 is 53.9. The summed E-state index contributed by atoms with van der Waals surface area (Å²) in [4.78, 5) is 0. The van der Waals surface area contributed by atoms with Crippen molar-refractivity contribution < 1.29 is 17.6 Å². The van der Waals surface area contributed by atoms with Crippen LogP contribution in [0.2, 0.25) is 5.02 Å². The van der Waals surface area contributed by atoms with Gasteiger partial charge in [-0.1, -0.05) is 41.9 Å². The van der Waals surface area contributed by atoms with Crippen LogP contribution in [0.15, 0.2) is 47.6 Å². The van der Waals surface area contributed by atoms with Crippen LogP contribution in [-0.2, 0) is 6.18 Å². The number of hydrogen-bond donors (Lipinski definition) is 1. The van der Waals surface area contributed by atoms with Gasteiger partial charge in [-0.2, -0.15) is 22.8 Å². The van der Waals surface area contributed by atoms with Crippen molar-refractivity contribution in [3.8, 4) is 0 Å². The van der Waals surface area contributed by atoms with E-state index < -0.39 is 17.8 Å². The largest absolute Gasteiger partial charge is 0.453 e. The van der Waals surface area contributed by atoms with Gasteiger partial charge in [-0.05, 0) is 12.1 Å². The van der Waals surface area contributed by atoms with E-state index in [4.69, 9.17) is 11.6 Å². The van der Waals surface area contributed by atoms with Crippen LogP contribution < -0.4 is 5.43 Å². The fourth-order valence-electron chi connectivity index (χ4n) is 2.63. The molecule has 28 heavy (non-hydrogen) atoms. The van der Waals surface area contributed by atoms with Gasteiger partial charge in [0.2, 0.25) is 0 Å². The number of alkyl halides is 3. The van der Waals surface area contributed by atoms with Gasteiger partial charge in [0.1, 0.15) is 5.82 Å². The van der Waals surface area contributed by atoms with E-state index in [1.807, 2.05) is 0 Å². The molecule has 0 fully saturated rings. The summed E-state index contributed by atoms with van der Waals surface area (Å²) in [5.41, 5.74) is 2.52. The fraction of sp³-hybridized carbons (Fsp3) is 0.0588. The predicted molar refractivity (Wildman–Crippen MR) is 95.9 cm³/mol. The number of benzene rings is 2. The average molecular weight is 409 g/mol. The first-order valence-electron chi connectivity index (χ1n) is 7.80. The lowest BCUT2D eigenvalue weighted by atomic mass is 10.2. The number of aromatic nitrogens is 4. The highest BCUT2D eigenvalue weighted by atomic mass is 35.5. The van der Waals surface area contributed by atoms with Crippen molar-refractivity contribution in [2.24, 2.45) is 5.10 Å². The lowest BCUT2D eigenvalue weighted by molar-refractivity contribution is -0.146. The maximum absolute atomic E-state index is 13.8. The van der Waals surface area contributed by atoms with E-state index in [0.29, 0.717) is 15.3 Å². The van der Waals surface area contributed by atoms with Crippen molar-refractivity contribution in [2.75, 3.05) is 5.43 Å². The Bertz CT molecular complexity index is 1200. The van der Waals surface area contributed by atoms with Gasteiger partial charge in [0, 0.05) is 16.3 Å². The summed E-state index contributed by atoms with van der Waals surface area (Å²) in [6.07, 6.45) is -3.62. The number of halogens is 5. The highest BCUT2D eigenvalue weighted by Crippen LogP contribution is 2.31. The van der Waals surface area contributed by atoms with E-state index in [0.717, 1.165) is 6.21 Å². The van der Waals surface area contributed by atoms with Crippen LogP contribution in [-0.4, -0.2) is 26.0 Å². The van der Waals surface area contributed by atoms with Gasteiger partial charge in [-0.25, -0.2) is 4.39 Å². The van der Waals surface area contributed by atoms with Gasteiger partial charge in [0.15, 0.2) is 11.5 Å². The maximum Gasteiger partial charge on any atom is 0.453 e. The summed E-state index contributed by atoms with van der Waals surface area (Å²) in [6, 6.07) is 10.7. The maximum atomic E-state index is 13.8. The summed E-state index contributed by atoms with van der Waals surface area (Å²) in [5, 5.41) is 15.6. The van der Waals surface area contributed by atoms with Crippen molar-refractivity contribution in [3.63, 3.8) is 0 Å². The second-order valence-corrected chi connectivity index (χ2v) is 6.06. The summed E-state index contributed by atoms with van der Waals surface area (Å²) in [6.45, 7) is 0. The van der Waals surface area contributed by atoms with E-state index in [9.17, 15) is 17.6 Å². The minimum absolute atomic E-state index is 0.0112. The molecular weight excluding hydrogens is 400 g/mol. The number of hydrogen-bond acceptors (Lipinski definition) is 5.